The highest BCUT2D eigenvalue weighted by Gasteiger charge is 2.24. The van der Waals surface area contributed by atoms with E-state index in [0.717, 1.165) is 59.6 Å². The van der Waals surface area contributed by atoms with Gasteiger partial charge < -0.3 is 15.0 Å². The van der Waals surface area contributed by atoms with Gasteiger partial charge in [0, 0.05) is 18.7 Å². The molecule has 6 nitrogen and oxygen atoms in total. The second-order valence-corrected chi connectivity index (χ2v) is 9.11. The largest absolute Gasteiger partial charge is 0.496 e. The zero-order chi connectivity index (χ0) is 21.4. The Morgan fingerprint density at radius 3 is 2.55 bits per heavy atom. The van der Waals surface area contributed by atoms with Gasteiger partial charge in [-0.1, -0.05) is 42.2 Å². The zero-order valence-corrected chi connectivity index (χ0v) is 18.6. The minimum absolute atomic E-state index is 0.171. The second kappa shape index (κ2) is 8.28. The van der Waals surface area contributed by atoms with E-state index in [1.54, 1.807) is 7.11 Å². The maximum Gasteiger partial charge on any atom is 0.263 e. The third-order valence-corrected chi connectivity index (χ3v) is 6.54. The van der Waals surface area contributed by atoms with Crippen molar-refractivity contribution in [2.45, 2.75) is 12.8 Å². The number of nitrogens with one attached hydrogen (secondary N) is 1. The highest BCUT2D eigenvalue weighted by atomic mass is 32.2. The smallest absolute Gasteiger partial charge is 0.263 e. The number of thiocarbonyl (C=S) groups is 1. The molecule has 2 aliphatic heterocycles. The van der Waals surface area contributed by atoms with Crippen molar-refractivity contribution in [3.63, 3.8) is 0 Å². The van der Waals surface area contributed by atoms with Gasteiger partial charge in [0.1, 0.15) is 15.8 Å². The van der Waals surface area contributed by atoms with Gasteiger partial charge in [0.25, 0.3) is 5.91 Å². The summed E-state index contributed by atoms with van der Waals surface area (Å²) in [7, 11) is 1.65. The van der Waals surface area contributed by atoms with Gasteiger partial charge in [-0.15, -0.1) is 0 Å². The van der Waals surface area contributed by atoms with Gasteiger partial charge >= 0.3 is 0 Å². The van der Waals surface area contributed by atoms with E-state index in [9.17, 15) is 4.79 Å². The van der Waals surface area contributed by atoms with Gasteiger partial charge in [0.2, 0.25) is 0 Å². The summed E-state index contributed by atoms with van der Waals surface area (Å²) in [5.41, 5.74) is 4.22. The van der Waals surface area contributed by atoms with Crippen molar-refractivity contribution in [3.8, 4) is 17.0 Å². The molecule has 1 aromatic heterocycles. The molecule has 1 N–H and O–H groups in total. The number of carbonyl (C=O) groups excluding carboxylic acids is 1. The van der Waals surface area contributed by atoms with E-state index in [-0.39, 0.29) is 5.91 Å². The lowest BCUT2D eigenvalue weighted by atomic mass is 10.0. The first kappa shape index (κ1) is 20.0. The number of benzene rings is 2. The van der Waals surface area contributed by atoms with Crippen LogP contribution in [0.1, 0.15) is 18.4 Å². The van der Waals surface area contributed by atoms with Crippen molar-refractivity contribution >= 4 is 57.1 Å². The molecule has 3 heterocycles. The lowest BCUT2D eigenvalue weighted by Gasteiger charge is -2.21. The normalized spacial score (nSPS) is 17.6. The Bertz CT molecular complexity index is 1240. The Kier molecular flexibility index (Phi) is 5.33. The predicted molar refractivity (Wildman–Crippen MR) is 129 cm³/mol. The highest BCUT2D eigenvalue weighted by molar-refractivity contribution is 8.26. The quantitative estimate of drug-likeness (QED) is 0.469. The van der Waals surface area contributed by atoms with Crippen LogP contribution in [0.15, 0.2) is 47.4 Å². The molecule has 31 heavy (non-hydrogen) atoms. The fourth-order valence-electron chi connectivity index (χ4n) is 3.89. The molecule has 5 rings (SSSR count). The number of methoxy groups -OCH3 is 1. The molecule has 0 radical (unpaired) electrons. The minimum Gasteiger partial charge on any atom is -0.496 e. The van der Waals surface area contributed by atoms with Crippen LogP contribution in [0.5, 0.6) is 5.75 Å². The highest BCUT2D eigenvalue weighted by Crippen LogP contribution is 2.38. The maximum absolute atomic E-state index is 12.1. The number of rotatable bonds is 4. The number of hydrogen-bond donors (Lipinski definition) is 1. The minimum atomic E-state index is -0.171. The third-order valence-electron chi connectivity index (χ3n) is 5.38. The van der Waals surface area contributed by atoms with Crippen molar-refractivity contribution in [2.24, 2.45) is 0 Å². The number of aromatic nitrogens is 2. The average molecular weight is 449 g/mol. The number of ether oxygens (including phenoxy) is 1. The first-order valence-electron chi connectivity index (χ1n) is 10.1. The number of amides is 1. The Hall–Kier alpha value is -2.97. The van der Waals surface area contributed by atoms with Crippen LogP contribution in [0.25, 0.3) is 28.4 Å². The third kappa shape index (κ3) is 3.88. The van der Waals surface area contributed by atoms with Crippen molar-refractivity contribution in [2.75, 3.05) is 25.1 Å². The molecule has 1 amide bonds. The molecule has 0 unspecified atom stereocenters. The van der Waals surface area contributed by atoms with Crippen LogP contribution in [0.2, 0.25) is 0 Å². The van der Waals surface area contributed by atoms with Crippen molar-refractivity contribution in [3.05, 3.63) is 52.9 Å². The van der Waals surface area contributed by atoms with E-state index >= 15 is 0 Å². The summed E-state index contributed by atoms with van der Waals surface area (Å²) in [6.07, 6.45) is 4.12. The number of nitrogens with zero attached hydrogens (tertiary/aromatic N) is 3. The Morgan fingerprint density at radius 2 is 1.87 bits per heavy atom. The standard InChI is InChI=1S/C23H20N4O2S2/c1-29-18-9-8-14(13-19-22(28)26-23(30)31-19)12-15(18)20-21(27-10-4-5-11-27)25-17-7-3-2-6-16(17)24-20/h2-3,6-9,12-13H,4-5,10-11H2,1H3,(H,26,28,30)/b19-13-. The molecule has 2 aliphatic rings. The van der Waals surface area contributed by atoms with Crippen LogP contribution in [0.3, 0.4) is 0 Å². The lowest BCUT2D eigenvalue weighted by Crippen LogP contribution is -2.20. The molecule has 0 bridgehead atoms. The van der Waals surface area contributed by atoms with E-state index in [1.807, 2.05) is 48.5 Å². The molecule has 0 aliphatic carbocycles. The van der Waals surface area contributed by atoms with Crippen LogP contribution in [-0.4, -0.2) is 40.4 Å². The lowest BCUT2D eigenvalue weighted by molar-refractivity contribution is -0.115. The number of thioether (sulfide) groups is 1. The van der Waals surface area contributed by atoms with E-state index in [2.05, 4.69) is 10.2 Å². The molecule has 2 fully saturated rings. The van der Waals surface area contributed by atoms with Gasteiger partial charge in [0.05, 0.1) is 23.0 Å². The fraction of sp³-hybridized carbons (Fsp3) is 0.217. The first-order chi connectivity index (χ1) is 15.1. The number of anilines is 1. The molecule has 2 aromatic carbocycles. The molecular weight excluding hydrogens is 428 g/mol. The topological polar surface area (TPSA) is 67.3 Å². The molecule has 8 heteroatoms. The Morgan fingerprint density at radius 1 is 1.13 bits per heavy atom. The van der Waals surface area contributed by atoms with Crippen LogP contribution in [0.4, 0.5) is 5.82 Å². The van der Waals surface area contributed by atoms with Gasteiger partial charge in [-0.25, -0.2) is 9.97 Å². The SMILES string of the molecule is COc1ccc(/C=C2\SC(=S)NC2=O)cc1-c1nc2ccccc2nc1N1CCCC1. The Labute approximate surface area is 189 Å². The summed E-state index contributed by atoms with van der Waals surface area (Å²) in [6, 6.07) is 13.7. The average Bonchev–Trinajstić information content (AvgIpc) is 3.42. The number of carbonyl (C=O) groups is 1. The van der Waals surface area contributed by atoms with Crippen molar-refractivity contribution in [1.82, 2.24) is 15.3 Å². The first-order valence-corrected chi connectivity index (χ1v) is 11.3. The number of fused-ring (bicyclic) bond motifs is 1. The van der Waals surface area contributed by atoms with E-state index < -0.39 is 0 Å². The number of para-hydroxylation sites is 2. The van der Waals surface area contributed by atoms with Gasteiger partial charge in [0.15, 0.2) is 5.82 Å². The van der Waals surface area contributed by atoms with E-state index in [0.29, 0.717) is 15.0 Å². The van der Waals surface area contributed by atoms with Gasteiger partial charge in [-0.3, -0.25) is 4.79 Å². The number of hydrogen-bond acceptors (Lipinski definition) is 7. The van der Waals surface area contributed by atoms with Gasteiger partial charge in [-0.2, -0.15) is 0 Å². The van der Waals surface area contributed by atoms with Crippen molar-refractivity contribution in [1.29, 1.82) is 0 Å². The van der Waals surface area contributed by atoms with Crippen LogP contribution < -0.4 is 15.0 Å². The summed E-state index contributed by atoms with van der Waals surface area (Å²) in [5, 5.41) is 2.66. The molecule has 2 saturated heterocycles. The monoisotopic (exact) mass is 448 g/mol. The molecule has 156 valence electrons. The van der Waals surface area contributed by atoms with Crippen LogP contribution in [-0.2, 0) is 4.79 Å². The summed E-state index contributed by atoms with van der Waals surface area (Å²) >= 11 is 6.37. The van der Waals surface area contributed by atoms with Crippen molar-refractivity contribution < 1.29 is 9.53 Å². The van der Waals surface area contributed by atoms with Crippen LogP contribution in [0, 0.1) is 0 Å². The zero-order valence-electron chi connectivity index (χ0n) is 16.9. The van der Waals surface area contributed by atoms with Gasteiger partial charge in [-0.05, 0) is 48.7 Å². The second-order valence-electron chi connectivity index (χ2n) is 7.39. The summed E-state index contributed by atoms with van der Waals surface area (Å²) in [6.45, 7) is 1.92. The fourth-order valence-corrected chi connectivity index (χ4v) is 4.94. The van der Waals surface area contributed by atoms with E-state index in [4.69, 9.17) is 26.9 Å². The van der Waals surface area contributed by atoms with Crippen LogP contribution >= 0.6 is 24.0 Å². The van der Waals surface area contributed by atoms with E-state index in [1.165, 1.54) is 11.8 Å². The molecule has 0 spiro atoms. The summed E-state index contributed by atoms with van der Waals surface area (Å²) in [4.78, 5) is 24.9. The molecule has 3 aromatic rings. The summed E-state index contributed by atoms with van der Waals surface area (Å²) < 4.78 is 6.15. The molecule has 0 saturated carbocycles. The maximum atomic E-state index is 12.1. The summed E-state index contributed by atoms with van der Waals surface area (Å²) in [5.74, 6) is 1.41. The molecule has 0 atom stereocenters. The Balaban J connectivity index is 1.68. The predicted octanol–water partition coefficient (Wildman–Crippen LogP) is 4.39. The molecular formula is C23H20N4O2S2.